The maximum absolute atomic E-state index is 5.55. The monoisotopic (exact) mass is 261 g/mol. The van der Waals surface area contributed by atoms with E-state index in [1.165, 1.54) is 0 Å². The molecule has 2 aromatic rings. The standard InChI is InChI=1S/C14H19N3O2/c1-2-18-7-8-19-10-12-9-11-5-3-4-6-13(11)16-14(12)17-15/h3-6,9H,2,7-8,10,15H2,1H3,(H,16,17). The molecule has 102 valence electrons. The molecule has 0 unspecified atom stereocenters. The largest absolute Gasteiger partial charge is 0.379 e. The number of hydrazine groups is 1. The molecule has 2 rings (SSSR count). The van der Waals surface area contributed by atoms with Crippen LogP contribution in [-0.2, 0) is 16.1 Å². The molecule has 0 atom stereocenters. The second-order valence-corrected chi connectivity index (χ2v) is 4.08. The summed E-state index contributed by atoms with van der Waals surface area (Å²) in [5.41, 5.74) is 4.47. The van der Waals surface area contributed by atoms with Crippen LogP contribution in [0, 0.1) is 0 Å². The molecule has 0 amide bonds. The highest BCUT2D eigenvalue weighted by atomic mass is 16.5. The lowest BCUT2D eigenvalue weighted by Gasteiger charge is -2.10. The molecule has 0 spiro atoms. The summed E-state index contributed by atoms with van der Waals surface area (Å²) >= 11 is 0. The van der Waals surface area contributed by atoms with Gasteiger partial charge >= 0.3 is 0 Å². The quantitative estimate of drug-likeness (QED) is 0.453. The minimum Gasteiger partial charge on any atom is -0.379 e. The van der Waals surface area contributed by atoms with Gasteiger partial charge < -0.3 is 14.9 Å². The van der Waals surface area contributed by atoms with Gasteiger partial charge in [-0.05, 0) is 19.1 Å². The van der Waals surface area contributed by atoms with Crippen molar-refractivity contribution in [2.75, 3.05) is 25.2 Å². The van der Waals surface area contributed by atoms with Gasteiger partial charge in [0.05, 0.1) is 25.3 Å². The van der Waals surface area contributed by atoms with Gasteiger partial charge in [-0.15, -0.1) is 0 Å². The zero-order valence-electron chi connectivity index (χ0n) is 11.1. The smallest absolute Gasteiger partial charge is 0.146 e. The third-order valence-corrected chi connectivity index (χ3v) is 2.77. The van der Waals surface area contributed by atoms with Crippen molar-refractivity contribution in [3.63, 3.8) is 0 Å². The maximum atomic E-state index is 5.55. The van der Waals surface area contributed by atoms with Crippen molar-refractivity contribution >= 4 is 16.7 Å². The first-order valence-electron chi connectivity index (χ1n) is 6.36. The van der Waals surface area contributed by atoms with E-state index >= 15 is 0 Å². The minimum atomic E-state index is 0.463. The van der Waals surface area contributed by atoms with Crippen LogP contribution in [0.1, 0.15) is 12.5 Å². The predicted octanol–water partition coefficient (Wildman–Crippen LogP) is 2.07. The molecule has 5 nitrogen and oxygen atoms in total. The number of nitrogens with one attached hydrogen (secondary N) is 1. The Hall–Kier alpha value is -1.69. The summed E-state index contributed by atoms with van der Waals surface area (Å²) in [6.45, 7) is 4.29. The molecule has 0 aliphatic carbocycles. The SMILES string of the molecule is CCOCCOCc1cc2ccccc2nc1NN. The van der Waals surface area contributed by atoms with E-state index in [9.17, 15) is 0 Å². The Bertz CT molecular complexity index is 531. The van der Waals surface area contributed by atoms with E-state index < -0.39 is 0 Å². The normalized spacial score (nSPS) is 10.8. The molecule has 0 bridgehead atoms. The summed E-state index contributed by atoms with van der Waals surface area (Å²) in [7, 11) is 0. The average Bonchev–Trinajstić information content (AvgIpc) is 2.46. The molecule has 1 aromatic heterocycles. The summed E-state index contributed by atoms with van der Waals surface area (Å²) in [4.78, 5) is 4.46. The molecule has 3 N–H and O–H groups in total. The Morgan fingerprint density at radius 3 is 2.79 bits per heavy atom. The molecule has 0 fully saturated rings. The van der Waals surface area contributed by atoms with Gasteiger partial charge in [0.25, 0.3) is 0 Å². The number of pyridine rings is 1. The number of nitrogens with zero attached hydrogens (tertiary/aromatic N) is 1. The third kappa shape index (κ3) is 3.64. The van der Waals surface area contributed by atoms with Crippen molar-refractivity contribution in [2.24, 2.45) is 5.84 Å². The second kappa shape index (κ2) is 7.04. The number of benzene rings is 1. The number of fused-ring (bicyclic) bond motifs is 1. The highest BCUT2D eigenvalue weighted by molar-refractivity contribution is 5.81. The summed E-state index contributed by atoms with van der Waals surface area (Å²) in [5.74, 6) is 6.15. The van der Waals surface area contributed by atoms with Gasteiger partial charge in [-0.25, -0.2) is 10.8 Å². The lowest BCUT2D eigenvalue weighted by molar-refractivity contribution is 0.0454. The van der Waals surface area contributed by atoms with Crippen LogP contribution in [0.3, 0.4) is 0 Å². The highest BCUT2D eigenvalue weighted by Gasteiger charge is 2.05. The minimum absolute atomic E-state index is 0.463. The second-order valence-electron chi connectivity index (χ2n) is 4.08. The molecule has 0 saturated heterocycles. The van der Waals surface area contributed by atoms with Gasteiger partial charge in [-0.2, -0.15) is 0 Å². The van der Waals surface area contributed by atoms with Crippen LogP contribution in [0.2, 0.25) is 0 Å². The number of ether oxygens (including phenoxy) is 2. The van der Waals surface area contributed by atoms with Crippen molar-refractivity contribution < 1.29 is 9.47 Å². The third-order valence-electron chi connectivity index (χ3n) is 2.77. The van der Waals surface area contributed by atoms with Crippen molar-refractivity contribution in [3.05, 3.63) is 35.9 Å². The van der Waals surface area contributed by atoms with Crippen LogP contribution in [0.4, 0.5) is 5.82 Å². The molecule has 1 aromatic carbocycles. The van der Waals surface area contributed by atoms with E-state index in [0.29, 0.717) is 32.2 Å². The Labute approximate surface area is 112 Å². The van der Waals surface area contributed by atoms with Gasteiger partial charge in [0.15, 0.2) is 0 Å². The van der Waals surface area contributed by atoms with E-state index in [-0.39, 0.29) is 0 Å². The average molecular weight is 261 g/mol. The summed E-state index contributed by atoms with van der Waals surface area (Å²) in [5, 5.41) is 1.07. The van der Waals surface area contributed by atoms with Crippen LogP contribution >= 0.6 is 0 Å². The van der Waals surface area contributed by atoms with Crippen molar-refractivity contribution in [1.29, 1.82) is 0 Å². The zero-order chi connectivity index (χ0) is 13.5. The number of anilines is 1. The molecule has 0 radical (unpaired) electrons. The summed E-state index contributed by atoms with van der Waals surface area (Å²) in [6.07, 6.45) is 0. The van der Waals surface area contributed by atoms with Gasteiger partial charge in [0, 0.05) is 17.6 Å². The van der Waals surface area contributed by atoms with Crippen LogP contribution in [0.5, 0.6) is 0 Å². The number of hydrogen-bond donors (Lipinski definition) is 2. The van der Waals surface area contributed by atoms with Crippen LogP contribution in [0.25, 0.3) is 10.9 Å². The van der Waals surface area contributed by atoms with Crippen molar-refractivity contribution in [2.45, 2.75) is 13.5 Å². The highest BCUT2D eigenvalue weighted by Crippen LogP contribution is 2.20. The topological polar surface area (TPSA) is 69.4 Å². The Kier molecular flexibility index (Phi) is 5.09. The van der Waals surface area contributed by atoms with E-state index in [1.807, 2.05) is 37.3 Å². The summed E-state index contributed by atoms with van der Waals surface area (Å²) < 4.78 is 10.8. The lowest BCUT2D eigenvalue weighted by Crippen LogP contribution is -2.12. The fraction of sp³-hybridized carbons (Fsp3) is 0.357. The van der Waals surface area contributed by atoms with Gasteiger partial charge in [-0.1, -0.05) is 18.2 Å². The molecular formula is C14H19N3O2. The molecular weight excluding hydrogens is 242 g/mol. The Morgan fingerprint density at radius 2 is 2.00 bits per heavy atom. The zero-order valence-corrected chi connectivity index (χ0v) is 11.1. The van der Waals surface area contributed by atoms with Crippen molar-refractivity contribution in [3.8, 4) is 0 Å². The predicted molar refractivity (Wildman–Crippen MR) is 75.7 cm³/mol. The van der Waals surface area contributed by atoms with Gasteiger partial charge in [0.1, 0.15) is 5.82 Å². The van der Waals surface area contributed by atoms with Crippen LogP contribution in [-0.4, -0.2) is 24.8 Å². The molecule has 0 saturated carbocycles. The van der Waals surface area contributed by atoms with E-state index in [1.54, 1.807) is 0 Å². The number of para-hydroxylation sites is 1. The van der Waals surface area contributed by atoms with Gasteiger partial charge in [0.2, 0.25) is 0 Å². The van der Waals surface area contributed by atoms with Crippen LogP contribution < -0.4 is 11.3 Å². The van der Waals surface area contributed by atoms with E-state index in [0.717, 1.165) is 16.5 Å². The molecule has 19 heavy (non-hydrogen) atoms. The Morgan fingerprint density at radius 1 is 1.21 bits per heavy atom. The number of aromatic nitrogens is 1. The maximum Gasteiger partial charge on any atom is 0.146 e. The first-order valence-corrected chi connectivity index (χ1v) is 6.36. The number of nitrogens with two attached hydrogens (primary N) is 1. The van der Waals surface area contributed by atoms with E-state index in [4.69, 9.17) is 15.3 Å². The number of nitrogen functional groups attached to an aromatic ring is 1. The van der Waals surface area contributed by atoms with E-state index in [2.05, 4.69) is 10.4 Å². The first kappa shape index (κ1) is 13.7. The van der Waals surface area contributed by atoms with Crippen LogP contribution in [0.15, 0.2) is 30.3 Å². The Balaban J connectivity index is 2.08. The van der Waals surface area contributed by atoms with Gasteiger partial charge in [-0.3, -0.25) is 0 Å². The number of rotatable bonds is 7. The summed E-state index contributed by atoms with van der Waals surface area (Å²) in [6, 6.07) is 9.95. The fourth-order valence-electron chi connectivity index (χ4n) is 1.84. The molecule has 0 aliphatic rings. The number of hydrogen-bond acceptors (Lipinski definition) is 5. The molecule has 0 aliphatic heterocycles. The fourth-order valence-corrected chi connectivity index (χ4v) is 1.84. The molecule has 1 heterocycles. The van der Waals surface area contributed by atoms with Crippen molar-refractivity contribution in [1.82, 2.24) is 4.98 Å². The first-order chi connectivity index (χ1) is 9.35. The lowest BCUT2D eigenvalue weighted by atomic mass is 10.1. The molecule has 5 heteroatoms.